The van der Waals surface area contributed by atoms with Crippen molar-refractivity contribution < 1.29 is 4.79 Å². The van der Waals surface area contributed by atoms with Crippen LogP contribution in [0.15, 0.2) is 87.3 Å². The Kier molecular flexibility index (Phi) is 6.42. The average molecular weight is 541 g/mol. The second-order valence-corrected chi connectivity index (χ2v) is 11.1. The maximum atomic E-state index is 13.5. The third-order valence-electron chi connectivity index (χ3n) is 6.46. The number of aryl methyl sites for hydroxylation is 2. The first-order valence-corrected chi connectivity index (χ1v) is 14.0. The minimum absolute atomic E-state index is 0.0801. The first-order valence-electron chi connectivity index (χ1n) is 12.1. The number of nitrogens with one attached hydrogen (secondary N) is 1. The number of benzene rings is 2. The molecule has 1 aliphatic rings. The number of thioether (sulfide) groups is 1. The van der Waals surface area contributed by atoms with Crippen LogP contribution in [0.4, 0.5) is 0 Å². The van der Waals surface area contributed by atoms with Crippen molar-refractivity contribution in [1.29, 1.82) is 0 Å². The molecule has 1 atom stereocenters. The molecule has 38 heavy (non-hydrogen) atoms. The molecule has 8 nitrogen and oxygen atoms in total. The summed E-state index contributed by atoms with van der Waals surface area (Å²) in [5, 5.41) is 13.5. The fourth-order valence-corrected chi connectivity index (χ4v) is 5.85. The van der Waals surface area contributed by atoms with E-state index in [0.717, 1.165) is 33.0 Å². The van der Waals surface area contributed by atoms with E-state index in [2.05, 4.69) is 39.3 Å². The number of carbonyl (C=O) groups excluding carboxylic acids is 1. The zero-order chi connectivity index (χ0) is 26.2. The van der Waals surface area contributed by atoms with E-state index < -0.39 is 0 Å². The minimum atomic E-state index is -0.292. The second-order valence-electron chi connectivity index (χ2n) is 9.18. The maximum absolute atomic E-state index is 13.5. The van der Waals surface area contributed by atoms with Gasteiger partial charge in [-0.25, -0.2) is 14.7 Å². The minimum Gasteiger partial charge on any atom is -0.301 e. The van der Waals surface area contributed by atoms with E-state index in [0.29, 0.717) is 22.6 Å². The third kappa shape index (κ3) is 4.68. The summed E-state index contributed by atoms with van der Waals surface area (Å²) in [7, 11) is 0. The highest BCUT2D eigenvalue weighted by atomic mass is 32.2. The van der Waals surface area contributed by atoms with Gasteiger partial charge in [0.1, 0.15) is 5.39 Å². The van der Waals surface area contributed by atoms with Crippen molar-refractivity contribution in [1.82, 2.24) is 24.8 Å². The summed E-state index contributed by atoms with van der Waals surface area (Å²) in [5.74, 6) is -0.0709. The monoisotopic (exact) mass is 540 g/mol. The molecule has 5 aromatic rings. The lowest BCUT2D eigenvalue weighted by Gasteiger charge is -2.22. The normalized spacial score (nSPS) is 15.3. The van der Waals surface area contributed by atoms with E-state index in [1.807, 2.05) is 55.6 Å². The van der Waals surface area contributed by atoms with Crippen LogP contribution in [-0.2, 0) is 4.79 Å². The molecular formula is C28H24N6O2S2. The number of hydrogen-bond acceptors (Lipinski definition) is 7. The Morgan fingerprint density at radius 1 is 1.08 bits per heavy atom. The van der Waals surface area contributed by atoms with Gasteiger partial charge in [-0.3, -0.25) is 9.59 Å². The second kappa shape index (κ2) is 10.0. The molecule has 0 unspecified atom stereocenters. The van der Waals surface area contributed by atoms with Crippen LogP contribution >= 0.6 is 23.1 Å². The van der Waals surface area contributed by atoms with Crippen LogP contribution in [0.1, 0.15) is 34.0 Å². The van der Waals surface area contributed by atoms with Crippen molar-refractivity contribution >= 4 is 45.8 Å². The zero-order valence-corrected chi connectivity index (χ0v) is 22.4. The molecule has 0 bridgehead atoms. The van der Waals surface area contributed by atoms with Crippen molar-refractivity contribution in [2.24, 2.45) is 5.10 Å². The van der Waals surface area contributed by atoms with Gasteiger partial charge in [0, 0.05) is 6.42 Å². The first kappa shape index (κ1) is 24.3. The van der Waals surface area contributed by atoms with Gasteiger partial charge in [-0.1, -0.05) is 65.4 Å². The fourth-order valence-electron chi connectivity index (χ4n) is 4.42. The van der Waals surface area contributed by atoms with Gasteiger partial charge in [0.25, 0.3) is 11.5 Å². The van der Waals surface area contributed by atoms with Gasteiger partial charge >= 0.3 is 0 Å². The number of hydrazone groups is 1. The molecule has 0 saturated heterocycles. The van der Waals surface area contributed by atoms with Gasteiger partial charge in [-0.2, -0.15) is 10.2 Å². The Bertz CT molecular complexity index is 1700. The highest BCUT2D eigenvalue weighted by Gasteiger charge is 2.33. The first-order chi connectivity index (χ1) is 18.5. The number of rotatable bonds is 6. The Hall–Kier alpha value is -4.02. The zero-order valence-electron chi connectivity index (χ0n) is 20.8. The number of aromatic nitrogens is 4. The predicted octanol–water partition coefficient (Wildman–Crippen LogP) is 5.26. The Morgan fingerprint density at radius 2 is 1.82 bits per heavy atom. The third-order valence-corrected chi connectivity index (χ3v) is 8.24. The number of fused-ring (bicyclic) bond motifs is 1. The number of hydrogen-bond donors (Lipinski definition) is 1. The van der Waals surface area contributed by atoms with Gasteiger partial charge in [0.15, 0.2) is 10.8 Å². The topological polar surface area (TPSA) is 96.2 Å². The smallest absolute Gasteiger partial charge is 0.262 e. The molecule has 6 rings (SSSR count). The van der Waals surface area contributed by atoms with Crippen LogP contribution in [0.25, 0.3) is 16.7 Å². The molecule has 1 aliphatic heterocycles. The van der Waals surface area contributed by atoms with Crippen LogP contribution in [0.3, 0.4) is 0 Å². The standard InChI is InChI=1S/C28H24N6O2S2/c1-17-5-9-19(10-6-17)23-14-22(24-4-3-13-37-24)32-34(23)25(35)16-38-28-30-26-21(27(36)31-28)15-29-33(26)20-11-7-18(2)8-12-20/h3-13,15,23H,14,16H2,1-2H3,(H,30,31,36)/t23-/m1/s1. The summed E-state index contributed by atoms with van der Waals surface area (Å²) in [6.07, 6.45) is 2.16. The largest absolute Gasteiger partial charge is 0.301 e. The van der Waals surface area contributed by atoms with E-state index in [1.165, 1.54) is 18.0 Å². The molecule has 0 fully saturated rings. The Balaban J connectivity index is 1.26. The molecule has 190 valence electrons. The van der Waals surface area contributed by atoms with Crippen LogP contribution in [0, 0.1) is 13.8 Å². The molecule has 0 radical (unpaired) electrons. The molecule has 0 spiro atoms. The highest BCUT2D eigenvalue weighted by Crippen LogP contribution is 2.34. The van der Waals surface area contributed by atoms with Crippen molar-refractivity contribution in [3.63, 3.8) is 0 Å². The summed E-state index contributed by atoms with van der Waals surface area (Å²) in [6, 6.07) is 19.9. The Labute approximate surface area is 227 Å². The number of amides is 1. The SMILES string of the molecule is Cc1ccc([C@H]2CC(c3cccs3)=NN2C(=O)CSc2nc3c(cnn3-c3ccc(C)cc3)c(=O)[nH]2)cc1. The molecule has 10 heteroatoms. The summed E-state index contributed by atoms with van der Waals surface area (Å²) < 4.78 is 1.64. The lowest BCUT2D eigenvalue weighted by Crippen LogP contribution is -2.28. The average Bonchev–Trinajstić information content (AvgIpc) is 3.68. The summed E-state index contributed by atoms with van der Waals surface area (Å²) in [6.45, 7) is 4.05. The van der Waals surface area contributed by atoms with E-state index in [4.69, 9.17) is 5.10 Å². The van der Waals surface area contributed by atoms with Crippen LogP contribution in [0.2, 0.25) is 0 Å². The van der Waals surface area contributed by atoms with E-state index in [9.17, 15) is 9.59 Å². The number of thiophene rings is 1. The number of carbonyl (C=O) groups is 1. The van der Waals surface area contributed by atoms with Gasteiger partial charge in [0.05, 0.1) is 34.3 Å². The highest BCUT2D eigenvalue weighted by molar-refractivity contribution is 7.99. The van der Waals surface area contributed by atoms with Crippen LogP contribution in [0.5, 0.6) is 0 Å². The molecule has 1 N–H and O–H groups in total. The Morgan fingerprint density at radius 3 is 2.53 bits per heavy atom. The molecule has 0 aliphatic carbocycles. The molecule has 3 aromatic heterocycles. The predicted molar refractivity (Wildman–Crippen MR) is 151 cm³/mol. The van der Waals surface area contributed by atoms with Crippen LogP contribution < -0.4 is 5.56 Å². The summed E-state index contributed by atoms with van der Waals surface area (Å²) in [5.41, 5.74) is 5.20. The fraction of sp³-hybridized carbons (Fsp3) is 0.179. The van der Waals surface area contributed by atoms with Gasteiger partial charge in [0.2, 0.25) is 0 Å². The van der Waals surface area contributed by atoms with Gasteiger partial charge in [-0.05, 0) is 43.0 Å². The summed E-state index contributed by atoms with van der Waals surface area (Å²) in [4.78, 5) is 34.7. The maximum Gasteiger partial charge on any atom is 0.262 e. The quantitative estimate of drug-likeness (QED) is 0.234. The van der Waals surface area contributed by atoms with E-state index >= 15 is 0 Å². The lowest BCUT2D eigenvalue weighted by molar-refractivity contribution is -0.130. The molecule has 4 heterocycles. The molecule has 2 aromatic carbocycles. The molecule has 0 saturated carbocycles. The number of aromatic amines is 1. The van der Waals surface area contributed by atoms with Crippen molar-refractivity contribution in [3.05, 3.63) is 104 Å². The van der Waals surface area contributed by atoms with Gasteiger partial charge in [-0.15, -0.1) is 11.3 Å². The van der Waals surface area contributed by atoms with Gasteiger partial charge < -0.3 is 4.98 Å². The van der Waals surface area contributed by atoms with E-state index in [-0.39, 0.29) is 23.3 Å². The van der Waals surface area contributed by atoms with Crippen LogP contribution in [-0.4, -0.2) is 42.1 Å². The lowest BCUT2D eigenvalue weighted by atomic mass is 10.00. The van der Waals surface area contributed by atoms with E-state index in [1.54, 1.807) is 21.0 Å². The molecular weight excluding hydrogens is 516 g/mol. The van der Waals surface area contributed by atoms with Crippen molar-refractivity contribution in [2.75, 3.05) is 5.75 Å². The number of H-pyrrole nitrogens is 1. The summed E-state index contributed by atoms with van der Waals surface area (Å²) >= 11 is 2.80. The van der Waals surface area contributed by atoms with Crippen molar-refractivity contribution in [3.8, 4) is 5.69 Å². The molecule has 1 amide bonds. The number of nitrogens with zero attached hydrogens (tertiary/aromatic N) is 5. The van der Waals surface area contributed by atoms with Crippen molar-refractivity contribution in [2.45, 2.75) is 31.5 Å².